The van der Waals surface area contributed by atoms with Crippen LogP contribution in [0.15, 0.2) is 47.8 Å². The van der Waals surface area contributed by atoms with E-state index in [1.807, 2.05) is 35.7 Å². The van der Waals surface area contributed by atoms with Crippen molar-refractivity contribution in [2.45, 2.75) is 0 Å². The molecule has 0 amide bonds. The van der Waals surface area contributed by atoms with Gasteiger partial charge in [-0.3, -0.25) is 0 Å². The van der Waals surface area contributed by atoms with Gasteiger partial charge >= 0.3 is 0 Å². The van der Waals surface area contributed by atoms with E-state index >= 15 is 0 Å². The van der Waals surface area contributed by atoms with E-state index in [4.69, 9.17) is 0 Å². The smallest absolute Gasteiger partial charge is 0.216 e. The molecule has 0 atom stereocenters. The first-order valence-electron chi connectivity index (χ1n) is 4.26. The summed E-state index contributed by atoms with van der Waals surface area (Å²) in [7, 11) is 0. The molecule has 0 saturated carbocycles. The van der Waals surface area contributed by atoms with Gasteiger partial charge in [-0.15, -0.1) is 11.3 Å². The number of hydrogen-bond acceptors (Lipinski definition) is 2. The van der Waals surface area contributed by atoms with Crippen LogP contribution < -0.4 is 0 Å². The zero-order valence-electron chi connectivity index (χ0n) is 7.46. The summed E-state index contributed by atoms with van der Waals surface area (Å²) in [5.41, 5.74) is 0.654. The highest BCUT2D eigenvalue weighted by Crippen LogP contribution is 2.11. The summed E-state index contributed by atoms with van der Waals surface area (Å²) < 4.78 is 0.881. The molecule has 1 aromatic carbocycles. The lowest BCUT2D eigenvalue weighted by Crippen LogP contribution is -1.96. The summed E-state index contributed by atoms with van der Waals surface area (Å²) in [6, 6.07) is 13.0. The van der Waals surface area contributed by atoms with Gasteiger partial charge in [0.15, 0.2) is 6.21 Å². The Balaban J connectivity index is 2.29. The lowest BCUT2D eigenvalue weighted by Gasteiger charge is -2.00. The van der Waals surface area contributed by atoms with E-state index in [-0.39, 0.29) is 0 Å². The molecule has 0 unspecified atom stereocenters. The minimum absolute atomic E-state index is 0.654. The van der Waals surface area contributed by atoms with Gasteiger partial charge in [-0.25, -0.2) is 0 Å². The minimum Gasteiger partial charge on any atom is -0.618 e. The largest absolute Gasteiger partial charge is 0.618 e. The molecule has 14 heavy (non-hydrogen) atoms. The van der Waals surface area contributed by atoms with E-state index in [0.29, 0.717) is 5.69 Å². The van der Waals surface area contributed by atoms with Crippen LogP contribution in [-0.4, -0.2) is 11.0 Å². The lowest BCUT2D eigenvalue weighted by atomic mass is 10.3. The van der Waals surface area contributed by atoms with Crippen molar-refractivity contribution in [1.29, 1.82) is 0 Å². The highest BCUT2D eigenvalue weighted by atomic mass is 32.1. The summed E-state index contributed by atoms with van der Waals surface area (Å²) in [5, 5.41) is 13.5. The van der Waals surface area contributed by atoms with Crippen molar-refractivity contribution < 1.29 is 4.74 Å². The van der Waals surface area contributed by atoms with E-state index in [2.05, 4.69) is 0 Å². The highest BCUT2D eigenvalue weighted by molar-refractivity contribution is 7.11. The van der Waals surface area contributed by atoms with Crippen molar-refractivity contribution in [2.75, 3.05) is 0 Å². The zero-order chi connectivity index (χ0) is 9.80. The van der Waals surface area contributed by atoms with Gasteiger partial charge in [0.1, 0.15) is 0 Å². The molecule has 3 heteroatoms. The maximum atomic E-state index is 11.6. The summed E-state index contributed by atoms with van der Waals surface area (Å²) in [5.74, 6) is 0. The molecule has 0 radical (unpaired) electrons. The number of thiophene rings is 1. The minimum atomic E-state index is 0.654. The Hall–Kier alpha value is -1.61. The molecular weight excluding hydrogens is 194 g/mol. The quantitative estimate of drug-likeness (QED) is 0.319. The van der Waals surface area contributed by atoms with E-state index in [0.717, 1.165) is 9.62 Å². The molecular formula is C11H9NOS. The van der Waals surface area contributed by atoms with Crippen molar-refractivity contribution >= 4 is 23.2 Å². The third kappa shape index (κ3) is 2.00. The fraction of sp³-hybridized carbons (Fsp3) is 0. The second-order valence-electron chi connectivity index (χ2n) is 2.81. The number of hydrogen-bond donors (Lipinski definition) is 0. The van der Waals surface area contributed by atoms with Gasteiger partial charge in [0.25, 0.3) is 0 Å². The Morgan fingerprint density at radius 1 is 1.07 bits per heavy atom. The number of para-hydroxylation sites is 1. The van der Waals surface area contributed by atoms with Crippen LogP contribution >= 0.6 is 11.3 Å². The maximum absolute atomic E-state index is 11.6. The second kappa shape index (κ2) is 4.07. The average Bonchev–Trinajstić information content (AvgIpc) is 2.72. The Morgan fingerprint density at radius 3 is 2.50 bits per heavy atom. The van der Waals surface area contributed by atoms with Crippen LogP contribution in [0.5, 0.6) is 0 Å². The van der Waals surface area contributed by atoms with Gasteiger partial charge in [-0.1, -0.05) is 24.3 Å². The van der Waals surface area contributed by atoms with Gasteiger partial charge in [0.2, 0.25) is 5.69 Å². The molecule has 2 aromatic rings. The number of nitrogens with zero attached hydrogens (tertiary/aromatic N) is 1. The molecule has 0 aliphatic carbocycles. The number of rotatable bonds is 2. The van der Waals surface area contributed by atoms with Crippen LogP contribution in [-0.2, 0) is 0 Å². The predicted molar refractivity (Wildman–Crippen MR) is 59.2 cm³/mol. The molecule has 2 nitrogen and oxygen atoms in total. The molecule has 2 rings (SSSR count). The van der Waals surface area contributed by atoms with E-state index in [1.54, 1.807) is 29.7 Å². The SMILES string of the molecule is [O-]/[N+](=C/c1cccs1)c1ccccc1. The molecule has 0 aliphatic heterocycles. The van der Waals surface area contributed by atoms with Crippen LogP contribution in [0.2, 0.25) is 0 Å². The van der Waals surface area contributed by atoms with Crippen molar-refractivity contribution in [3.05, 3.63) is 57.9 Å². The molecule has 0 N–H and O–H groups in total. The molecule has 0 fully saturated rings. The molecule has 0 bridgehead atoms. The topological polar surface area (TPSA) is 26.1 Å². The van der Waals surface area contributed by atoms with Gasteiger partial charge in [0, 0.05) is 12.1 Å². The third-order valence-corrected chi connectivity index (χ3v) is 2.61. The molecule has 1 heterocycles. The first-order valence-corrected chi connectivity index (χ1v) is 5.14. The molecule has 1 aromatic heterocycles. The molecule has 0 spiro atoms. The number of benzene rings is 1. The predicted octanol–water partition coefficient (Wildman–Crippen LogP) is 3.01. The van der Waals surface area contributed by atoms with Crippen molar-refractivity contribution in [3.63, 3.8) is 0 Å². The zero-order valence-corrected chi connectivity index (χ0v) is 8.28. The highest BCUT2D eigenvalue weighted by Gasteiger charge is 1.99. The van der Waals surface area contributed by atoms with Gasteiger partial charge < -0.3 is 5.21 Å². The van der Waals surface area contributed by atoms with Crippen LogP contribution in [0.25, 0.3) is 0 Å². The lowest BCUT2D eigenvalue weighted by molar-refractivity contribution is -0.354. The van der Waals surface area contributed by atoms with E-state index in [1.165, 1.54) is 0 Å². The first-order chi connectivity index (χ1) is 6.86. The second-order valence-corrected chi connectivity index (χ2v) is 3.79. The van der Waals surface area contributed by atoms with Crippen LogP contribution in [0.1, 0.15) is 4.88 Å². The molecule has 70 valence electrons. The van der Waals surface area contributed by atoms with Gasteiger partial charge in [0.05, 0.1) is 4.88 Å². The van der Waals surface area contributed by atoms with Crippen molar-refractivity contribution in [1.82, 2.24) is 0 Å². The van der Waals surface area contributed by atoms with Crippen molar-refractivity contribution in [3.8, 4) is 0 Å². The Morgan fingerprint density at radius 2 is 1.86 bits per heavy atom. The monoisotopic (exact) mass is 203 g/mol. The van der Waals surface area contributed by atoms with Gasteiger partial charge in [-0.05, 0) is 11.4 Å². The van der Waals surface area contributed by atoms with Crippen LogP contribution in [0.4, 0.5) is 5.69 Å². The fourth-order valence-electron chi connectivity index (χ4n) is 1.13. The van der Waals surface area contributed by atoms with Gasteiger partial charge in [-0.2, -0.15) is 4.74 Å². The standard InChI is InChI=1S/C11H9NOS/c13-12(9-11-7-4-8-14-11)10-5-2-1-3-6-10/h1-9H/b12-9+. The average molecular weight is 203 g/mol. The summed E-state index contributed by atoms with van der Waals surface area (Å²) in [6.45, 7) is 0. The Kier molecular flexibility index (Phi) is 2.60. The summed E-state index contributed by atoms with van der Waals surface area (Å²) >= 11 is 1.55. The molecule has 0 aliphatic rings. The van der Waals surface area contributed by atoms with Crippen molar-refractivity contribution in [2.24, 2.45) is 0 Å². The van der Waals surface area contributed by atoms with E-state index < -0.39 is 0 Å². The normalized spacial score (nSPS) is 11.6. The summed E-state index contributed by atoms with van der Waals surface area (Å²) in [6.07, 6.45) is 1.58. The van der Waals surface area contributed by atoms with Crippen LogP contribution in [0, 0.1) is 5.21 Å². The van der Waals surface area contributed by atoms with Crippen LogP contribution in [0.3, 0.4) is 0 Å². The fourth-order valence-corrected chi connectivity index (χ4v) is 1.76. The maximum Gasteiger partial charge on any atom is 0.216 e. The Bertz CT molecular complexity index is 420. The summed E-state index contributed by atoms with van der Waals surface area (Å²) in [4.78, 5) is 0.962. The van der Waals surface area contributed by atoms with E-state index in [9.17, 15) is 5.21 Å². The Labute approximate surface area is 86.3 Å². The molecule has 0 saturated heterocycles. The third-order valence-electron chi connectivity index (χ3n) is 1.80. The first kappa shape index (κ1) is 8.97.